The van der Waals surface area contributed by atoms with E-state index >= 15 is 0 Å². The maximum atomic E-state index is 3.64. The molecule has 0 radical (unpaired) electrons. The summed E-state index contributed by atoms with van der Waals surface area (Å²) >= 11 is 0. The predicted octanol–water partition coefficient (Wildman–Crippen LogP) is 2.11. The van der Waals surface area contributed by atoms with E-state index in [0.29, 0.717) is 6.04 Å². The Morgan fingerprint density at radius 1 is 1.43 bits per heavy atom. The monoisotopic (exact) mass is 198 g/mol. The summed E-state index contributed by atoms with van der Waals surface area (Å²) < 4.78 is 0. The van der Waals surface area contributed by atoms with Gasteiger partial charge in [0.25, 0.3) is 0 Å². The SMILES string of the molecule is CCCC(C)NCC1CCN(CC)C1. The molecule has 0 aromatic rings. The summed E-state index contributed by atoms with van der Waals surface area (Å²) in [7, 11) is 0. The number of nitrogens with one attached hydrogen (secondary N) is 1. The van der Waals surface area contributed by atoms with E-state index in [1.54, 1.807) is 0 Å². The molecule has 0 spiro atoms. The first-order valence-electron chi connectivity index (χ1n) is 6.22. The molecule has 0 amide bonds. The van der Waals surface area contributed by atoms with Gasteiger partial charge in [0.05, 0.1) is 0 Å². The third kappa shape index (κ3) is 3.97. The summed E-state index contributed by atoms with van der Waals surface area (Å²) in [5, 5.41) is 3.64. The zero-order chi connectivity index (χ0) is 10.4. The highest BCUT2D eigenvalue weighted by molar-refractivity contribution is 4.77. The maximum absolute atomic E-state index is 3.64. The van der Waals surface area contributed by atoms with Gasteiger partial charge >= 0.3 is 0 Å². The van der Waals surface area contributed by atoms with Crippen LogP contribution in [0.15, 0.2) is 0 Å². The standard InChI is InChI=1S/C12H26N2/c1-4-6-11(3)13-9-12-7-8-14(5-2)10-12/h11-13H,4-10H2,1-3H3. The molecular formula is C12H26N2. The topological polar surface area (TPSA) is 15.3 Å². The van der Waals surface area contributed by atoms with Crippen LogP contribution >= 0.6 is 0 Å². The third-order valence-corrected chi connectivity index (χ3v) is 3.29. The summed E-state index contributed by atoms with van der Waals surface area (Å²) in [6.07, 6.45) is 3.99. The molecule has 0 aliphatic carbocycles. The minimum absolute atomic E-state index is 0.704. The lowest BCUT2D eigenvalue weighted by Crippen LogP contribution is -2.32. The highest BCUT2D eigenvalue weighted by atomic mass is 15.1. The van der Waals surface area contributed by atoms with Crippen LogP contribution in [0.2, 0.25) is 0 Å². The first kappa shape index (κ1) is 12.0. The zero-order valence-electron chi connectivity index (χ0n) is 10.1. The quantitative estimate of drug-likeness (QED) is 0.703. The molecule has 1 fully saturated rings. The second-order valence-corrected chi connectivity index (χ2v) is 4.65. The van der Waals surface area contributed by atoms with Gasteiger partial charge in [0, 0.05) is 12.6 Å². The van der Waals surface area contributed by atoms with Gasteiger partial charge in [-0.15, -0.1) is 0 Å². The lowest BCUT2D eigenvalue weighted by Gasteiger charge is -2.17. The fourth-order valence-corrected chi connectivity index (χ4v) is 2.27. The molecule has 1 aliphatic rings. The highest BCUT2D eigenvalue weighted by Crippen LogP contribution is 2.14. The number of hydrogen-bond acceptors (Lipinski definition) is 2. The minimum Gasteiger partial charge on any atom is -0.314 e. The van der Waals surface area contributed by atoms with Crippen molar-refractivity contribution in [1.82, 2.24) is 10.2 Å². The molecule has 84 valence electrons. The van der Waals surface area contributed by atoms with Crippen LogP contribution in [0.25, 0.3) is 0 Å². The lowest BCUT2D eigenvalue weighted by molar-refractivity contribution is 0.334. The summed E-state index contributed by atoms with van der Waals surface area (Å²) in [6.45, 7) is 11.9. The van der Waals surface area contributed by atoms with E-state index in [4.69, 9.17) is 0 Å². The van der Waals surface area contributed by atoms with Gasteiger partial charge in [-0.3, -0.25) is 0 Å². The smallest absolute Gasteiger partial charge is 0.00387 e. The molecule has 2 unspecified atom stereocenters. The van der Waals surface area contributed by atoms with Crippen molar-refractivity contribution < 1.29 is 0 Å². The number of rotatable bonds is 6. The van der Waals surface area contributed by atoms with Crippen molar-refractivity contribution in [2.24, 2.45) is 5.92 Å². The molecule has 2 atom stereocenters. The van der Waals surface area contributed by atoms with E-state index in [9.17, 15) is 0 Å². The summed E-state index contributed by atoms with van der Waals surface area (Å²) in [6, 6.07) is 0.704. The van der Waals surface area contributed by atoms with E-state index in [1.165, 1.54) is 45.4 Å². The minimum atomic E-state index is 0.704. The second kappa shape index (κ2) is 6.41. The Morgan fingerprint density at radius 3 is 2.79 bits per heavy atom. The van der Waals surface area contributed by atoms with Crippen molar-refractivity contribution in [3.63, 3.8) is 0 Å². The third-order valence-electron chi connectivity index (χ3n) is 3.29. The Kier molecular flexibility index (Phi) is 5.49. The van der Waals surface area contributed by atoms with E-state index in [0.717, 1.165) is 5.92 Å². The molecule has 0 aromatic heterocycles. The highest BCUT2D eigenvalue weighted by Gasteiger charge is 2.20. The number of likely N-dealkylation sites (tertiary alicyclic amines) is 1. The molecule has 1 heterocycles. The first-order chi connectivity index (χ1) is 6.76. The van der Waals surface area contributed by atoms with Crippen molar-refractivity contribution in [3.8, 4) is 0 Å². The van der Waals surface area contributed by atoms with Crippen molar-refractivity contribution in [1.29, 1.82) is 0 Å². The summed E-state index contributed by atoms with van der Waals surface area (Å²) in [4.78, 5) is 2.55. The molecule has 2 heteroatoms. The second-order valence-electron chi connectivity index (χ2n) is 4.65. The molecule has 1 saturated heterocycles. The Labute approximate surface area is 89.1 Å². The normalized spacial score (nSPS) is 25.5. The van der Waals surface area contributed by atoms with Crippen LogP contribution in [-0.4, -0.2) is 37.1 Å². The van der Waals surface area contributed by atoms with Crippen LogP contribution in [0.4, 0.5) is 0 Å². The van der Waals surface area contributed by atoms with Crippen molar-refractivity contribution in [2.75, 3.05) is 26.2 Å². The van der Waals surface area contributed by atoms with Crippen LogP contribution in [0, 0.1) is 5.92 Å². The Hall–Kier alpha value is -0.0800. The van der Waals surface area contributed by atoms with Crippen LogP contribution in [0.3, 0.4) is 0 Å². The number of nitrogens with zero attached hydrogens (tertiary/aromatic N) is 1. The molecule has 0 saturated carbocycles. The fraction of sp³-hybridized carbons (Fsp3) is 1.00. The average molecular weight is 198 g/mol. The van der Waals surface area contributed by atoms with Gasteiger partial charge in [0.2, 0.25) is 0 Å². The van der Waals surface area contributed by atoms with Gasteiger partial charge in [0.15, 0.2) is 0 Å². The average Bonchev–Trinajstić information content (AvgIpc) is 2.63. The summed E-state index contributed by atoms with van der Waals surface area (Å²) in [5.41, 5.74) is 0. The van der Waals surface area contributed by atoms with Crippen LogP contribution in [0.1, 0.15) is 40.0 Å². The molecule has 0 aromatic carbocycles. The molecule has 1 rings (SSSR count). The Morgan fingerprint density at radius 2 is 2.21 bits per heavy atom. The molecule has 1 N–H and O–H groups in total. The van der Waals surface area contributed by atoms with E-state index < -0.39 is 0 Å². The van der Waals surface area contributed by atoms with E-state index in [-0.39, 0.29) is 0 Å². The van der Waals surface area contributed by atoms with Crippen molar-refractivity contribution >= 4 is 0 Å². The molecule has 0 bridgehead atoms. The maximum Gasteiger partial charge on any atom is 0.00387 e. The molecular weight excluding hydrogens is 172 g/mol. The Balaban J connectivity index is 2.07. The molecule has 1 aliphatic heterocycles. The van der Waals surface area contributed by atoms with Gasteiger partial charge in [-0.2, -0.15) is 0 Å². The van der Waals surface area contributed by atoms with Gasteiger partial charge < -0.3 is 10.2 Å². The van der Waals surface area contributed by atoms with E-state index in [2.05, 4.69) is 31.0 Å². The number of hydrogen-bond donors (Lipinski definition) is 1. The van der Waals surface area contributed by atoms with Crippen LogP contribution in [0.5, 0.6) is 0 Å². The lowest BCUT2D eigenvalue weighted by atomic mass is 10.1. The van der Waals surface area contributed by atoms with Crippen LogP contribution in [-0.2, 0) is 0 Å². The van der Waals surface area contributed by atoms with Crippen molar-refractivity contribution in [2.45, 2.75) is 46.1 Å². The fourth-order valence-electron chi connectivity index (χ4n) is 2.27. The predicted molar refractivity (Wildman–Crippen MR) is 62.6 cm³/mol. The van der Waals surface area contributed by atoms with Gasteiger partial charge in [-0.25, -0.2) is 0 Å². The van der Waals surface area contributed by atoms with Gasteiger partial charge in [0.1, 0.15) is 0 Å². The van der Waals surface area contributed by atoms with Crippen LogP contribution < -0.4 is 5.32 Å². The summed E-state index contributed by atoms with van der Waals surface area (Å²) in [5.74, 6) is 0.897. The first-order valence-corrected chi connectivity index (χ1v) is 6.22. The zero-order valence-corrected chi connectivity index (χ0v) is 10.1. The Bertz CT molecular complexity index is 147. The van der Waals surface area contributed by atoms with Gasteiger partial charge in [-0.1, -0.05) is 20.3 Å². The van der Waals surface area contributed by atoms with Crippen molar-refractivity contribution in [3.05, 3.63) is 0 Å². The molecule has 14 heavy (non-hydrogen) atoms. The largest absolute Gasteiger partial charge is 0.314 e. The van der Waals surface area contributed by atoms with E-state index in [1.807, 2.05) is 0 Å². The molecule has 2 nitrogen and oxygen atoms in total. The van der Waals surface area contributed by atoms with Gasteiger partial charge in [-0.05, 0) is 45.3 Å².